The maximum absolute atomic E-state index is 12.7. The minimum atomic E-state index is -0.303. The predicted molar refractivity (Wildman–Crippen MR) is 124 cm³/mol. The molecular weight excluding hydrogens is 418 g/mol. The molecule has 0 aliphatic carbocycles. The molecule has 2 aliphatic rings. The summed E-state index contributed by atoms with van der Waals surface area (Å²) in [6.07, 6.45) is 3.81. The molecule has 2 amide bonds. The van der Waals surface area contributed by atoms with Gasteiger partial charge in [0, 0.05) is 24.5 Å². The molecule has 0 spiro atoms. The SMILES string of the molecule is NCc1cccc(Cl)c1N1c2ccccc2SC1NC(=O)NCCN1CCCCC1. The summed E-state index contributed by atoms with van der Waals surface area (Å²) < 4.78 is 0. The number of piperidine rings is 1. The largest absolute Gasteiger partial charge is 0.337 e. The molecule has 8 heteroatoms. The molecule has 1 fully saturated rings. The van der Waals surface area contributed by atoms with Gasteiger partial charge in [0.25, 0.3) is 0 Å². The van der Waals surface area contributed by atoms with E-state index in [1.54, 1.807) is 11.8 Å². The maximum atomic E-state index is 12.7. The highest BCUT2D eigenvalue weighted by molar-refractivity contribution is 8.00. The number of carbonyl (C=O) groups is 1. The summed E-state index contributed by atoms with van der Waals surface area (Å²) >= 11 is 8.19. The first kappa shape index (κ1) is 21.3. The van der Waals surface area contributed by atoms with E-state index in [9.17, 15) is 4.79 Å². The van der Waals surface area contributed by atoms with E-state index in [0.29, 0.717) is 18.1 Å². The second-order valence-electron chi connectivity index (χ2n) is 7.56. The molecular formula is C22H28ClN5OS. The fraction of sp³-hybridized carbons (Fsp3) is 0.409. The van der Waals surface area contributed by atoms with Gasteiger partial charge in [-0.05, 0) is 49.7 Å². The molecule has 160 valence electrons. The van der Waals surface area contributed by atoms with E-state index in [-0.39, 0.29) is 11.5 Å². The molecule has 2 aromatic rings. The predicted octanol–water partition coefficient (Wildman–Crippen LogP) is 4.11. The lowest BCUT2D eigenvalue weighted by Gasteiger charge is -2.30. The third kappa shape index (κ3) is 4.70. The molecule has 1 unspecified atom stereocenters. The summed E-state index contributed by atoms with van der Waals surface area (Å²) in [6.45, 7) is 4.14. The number of carbonyl (C=O) groups excluding carboxylic acids is 1. The first-order valence-corrected chi connectivity index (χ1v) is 11.7. The number of hydrogen-bond donors (Lipinski definition) is 3. The Morgan fingerprint density at radius 2 is 1.93 bits per heavy atom. The van der Waals surface area contributed by atoms with Crippen molar-refractivity contribution in [2.75, 3.05) is 31.1 Å². The number of thioether (sulfide) groups is 1. The molecule has 0 aromatic heterocycles. The Kier molecular flexibility index (Phi) is 7.04. The normalized spacial score (nSPS) is 18.9. The number of rotatable bonds is 6. The first-order chi connectivity index (χ1) is 14.7. The molecule has 4 rings (SSSR count). The van der Waals surface area contributed by atoms with Crippen LogP contribution in [0.4, 0.5) is 16.2 Å². The van der Waals surface area contributed by atoms with Crippen LogP contribution in [0.1, 0.15) is 24.8 Å². The lowest BCUT2D eigenvalue weighted by molar-refractivity contribution is 0.220. The van der Waals surface area contributed by atoms with Crippen LogP contribution in [0.15, 0.2) is 47.4 Å². The summed E-state index contributed by atoms with van der Waals surface area (Å²) in [4.78, 5) is 18.3. The van der Waals surface area contributed by atoms with Crippen LogP contribution in [-0.2, 0) is 6.54 Å². The number of anilines is 2. The fourth-order valence-electron chi connectivity index (χ4n) is 4.06. The monoisotopic (exact) mass is 445 g/mol. The third-order valence-corrected chi connectivity index (χ3v) is 7.00. The van der Waals surface area contributed by atoms with Crippen LogP contribution in [0.2, 0.25) is 5.02 Å². The van der Waals surface area contributed by atoms with E-state index in [1.807, 2.05) is 36.4 Å². The van der Waals surface area contributed by atoms with Gasteiger partial charge in [-0.2, -0.15) is 0 Å². The smallest absolute Gasteiger partial charge is 0.317 e. The van der Waals surface area contributed by atoms with E-state index in [2.05, 4.69) is 26.5 Å². The second-order valence-corrected chi connectivity index (χ2v) is 9.09. The van der Waals surface area contributed by atoms with Crippen molar-refractivity contribution in [2.24, 2.45) is 5.73 Å². The minimum Gasteiger partial charge on any atom is -0.337 e. The molecule has 0 radical (unpaired) electrons. The van der Waals surface area contributed by atoms with Gasteiger partial charge in [0.15, 0.2) is 5.50 Å². The van der Waals surface area contributed by atoms with Crippen LogP contribution < -0.4 is 21.3 Å². The molecule has 1 atom stereocenters. The van der Waals surface area contributed by atoms with Gasteiger partial charge in [-0.25, -0.2) is 4.79 Å². The summed E-state index contributed by atoms with van der Waals surface area (Å²) in [5.74, 6) is 0. The zero-order chi connectivity index (χ0) is 20.9. The summed E-state index contributed by atoms with van der Waals surface area (Å²) in [6, 6.07) is 13.7. The van der Waals surface area contributed by atoms with Gasteiger partial charge in [0.2, 0.25) is 0 Å². The Hall–Kier alpha value is -1.93. The summed E-state index contributed by atoms with van der Waals surface area (Å²) in [5, 5.41) is 6.74. The Morgan fingerprint density at radius 1 is 1.13 bits per heavy atom. The number of nitrogens with zero attached hydrogens (tertiary/aromatic N) is 2. The number of hydrogen-bond acceptors (Lipinski definition) is 5. The van der Waals surface area contributed by atoms with Crippen molar-refractivity contribution in [3.8, 4) is 0 Å². The van der Waals surface area contributed by atoms with Crippen molar-refractivity contribution in [1.82, 2.24) is 15.5 Å². The average molecular weight is 446 g/mol. The van der Waals surface area contributed by atoms with Crippen LogP contribution in [0.3, 0.4) is 0 Å². The quantitative estimate of drug-likeness (QED) is 0.624. The zero-order valence-electron chi connectivity index (χ0n) is 16.9. The number of para-hydroxylation sites is 2. The molecule has 0 bridgehead atoms. The van der Waals surface area contributed by atoms with Crippen molar-refractivity contribution < 1.29 is 4.79 Å². The van der Waals surface area contributed by atoms with Crippen molar-refractivity contribution in [3.05, 3.63) is 53.1 Å². The highest BCUT2D eigenvalue weighted by atomic mass is 35.5. The second kappa shape index (κ2) is 9.92. The lowest BCUT2D eigenvalue weighted by atomic mass is 10.1. The number of nitrogens with two attached hydrogens (primary N) is 1. The van der Waals surface area contributed by atoms with Gasteiger partial charge in [0.05, 0.1) is 16.4 Å². The Bertz CT molecular complexity index is 890. The van der Waals surface area contributed by atoms with Crippen molar-refractivity contribution in [3.63, 3.8) is 0 Å². The van der Waals surface area contributed by atoms with Crippen molar-refractivity contribution in [1.29, 1.82) is 0 Å². The van der Waals surface area contributed by atoms with Crippen molar-refractivity contribution in [2.45, 2.75) is 36.2 Å². The van der Waals surface area contributed by atoms with E-state index in [1.165, 1.54) is 19.3 Å². The van der Waals surface area contributed by atoms with E-state index >= 15 is 0 Å². The average Bonchev–Trinajstić information content (AvgIpc) is 3.11. The highest BCUT2D eigenvalue weighted by Gasteiger charge is 2.34. The maximum Gasteiger partial charge on any atom is 0.317 e. The van der Waals surface area contributed by atoms with Gasteiger partial charge in [0.1, 0.15) is 0 Å². The third-order valence-electron chi connectivity index (χ3n) is 5.55. The Morgan fingerprint density at radius 3 is 2.73 bits per heavy atom. The van der Waals surface area contributed by atoms with E-state index in [4.69, 9.17) is 17.3 Å². The standard InChI is InChI=1S/C22H28ClN5OS/c23-17-8-6-7-16(15-24)20(17)28-18-9-2-3-10-19(18)30-22(28)26-21(29)25-11-14-27-12-4-1-5-13-27/h2-3,6-10,22H,1,4-5,11-15,24H2,(H2,25,26,29). The molecule has 30 heavy (non-hydrogen) atoms. The summed E-state index contributed by atoms with van der Waals surface area (Å²) in [5.41, 5.74) is 8.50. The topological polar surface area (TPSA) is 73.6 Å². The number of nitrogens with one attached hydrogen (secondary N) is 2. The number of urea groups is 1. The number of benzene rings is 2. The zero-order valence-corrected chi connectivity index (χ0v) is 18.5. The molecule has 0 saturated carbocycles. The molecule has 6 nitrogen and oxygen atoms in total. The van der Waals surface area contributed by atoms with Crippen LogP contribution in [0.25, 0.3) is 0 Å². The van der Waals surface area contributed by atoms with Crippen LogP contribution >= 0.6 is 23.4 Å². The first-order valence-electron chi connectivity index (χ1n) is 10.5. The van der Waals surface area contributed by atoms with Crippen molar-refractivity contribution >= 4 is 40.8 Å². The molecule has 2 aromatic carbocycles. The van der Waals surface area contributed by atoms with Crippen LogP contribution in [0, 0.1) is 0 Å². The molecule has 2 aliphatic heterocycles. The van der Waals surface area contributed by atoms with Gasteiger partial charge >= 0.3 is 6.03 Å². The van der Waals surface area contributed by atoms with Crippen LogP contribution in [0.5, 0.6) is 0 Å². The van der Waals surface area contributed by atoms with Gasteiger partial charge in [-0.15, -0.1) is 0 Å². The number of amides is 2. The minimum absolute atomic E-state index is 0.177. The number of fused-ring (bicyclic) bond motifs is 1. The van der Waals surface area contributed by atoms with Crippen LogP contribution in [-0.4, -0.2) is 42.6 Å². The Labute approximate surface area is 187 Å². The lowest BCUT2D eigenvalue weighted by Crippen LogP contribution is -2.48. The van der Waals surface area contributed by atoms with Gasteiger partial charge in [-0.3, -0.25) is 0 Å². The molecule has 1 saturated heterocycles. The highest BCUT2D eigenvalue weighted by Crippen LogP contribution is 2.49. The Balaban J connectivity index is 1.47. The van der Waals surface area contributed by atoms with Gasteiger partial charge in [-0.1, -0.05) is 54.0 Å². The summed E-state index contributed by atoms with van der Waals surface area (Å²) in [7, 11) is 0. The fourth-order valence-corrected chi connectivity index (χ4v) is 5.52. The van der Waals surface area contributed by atoms with E-state index in [0.717, 1.165) is 41.5 Å². The molecule has 4 N–H and O–H groups in total. The van der Waals surface area contributed by atoms with Gasteiger partial charge < -0.3 is 26.2 Å². The molecule has 2 heterocycles. The van der Waals surface area contributed by atoms with E-state index < -0.39 is 0 Å². The number of likely N-dealkylation sites (tertiary alicyclic amines) is 1. The number of halogens is 1.